The van der Waals surface area contributed by atoms with Gasteiger partial charge in [-0.25, -0.2) is 0 Å². The maximum Gasteiger partial charge on any atom is 0.127 e. The van der Waals surface area contributed by atoms with E-state index in [1.54, 1.807) is 6.92 Å². The fourth-order valence-corrected chi connectivity index (χ4v) is 2.10. The first-order chi connectivity index (χ1) is 9.58. The van der Waals surface area contributed by atoms with Gasteiger partial charge in [0.05, 0.1) is 12.2 Å². The Kier molecular flexibility index (Phi) is 4.77. The summed E-state index contributed by atoms with van der Waals surface area (Å²) >= 11 is 0. The summed E-state index contributed by atoms with van der Waals surface area (Å²) in [5.74, 6) is 1.33. The van der Waals surface area contributed by atoms with E-state index >= 15 is 0 Å². The number of ether oxygens (including phenoxy) is 1. The van der Waals surface area contributed by atoms with E-state index in [0.717, 1.165) is 17.1 Å². The van der Waals surface area contributed by atoms with Gasteiger partial charge in [-0.3, -0.25) is 0 Å². The summed E-state index contributed by atoms with van der Waals surface area (Å²) in [6, 6.07) is 17.1. The zero-order valence-electron chi connectivity index (χ0n) is 11.7. The molecule has 2 aromatic rings. The van der Waals surface area contributed by atoms with Gasteiger partial charge in [0.25, 0.3) is 0 Å². The van der Waals surface area contributed by atoms with Crippen LogP contribution in [0.5, 0.6) is 11.5 Å². The van der Waals surface area contributed by atoms with Crippen molar-refractivity contribution in [3.05, 3.63) is 60.2 Å². The minimum atomic E-state index is -0.790. The van der Waals surface area contributed by atoms with Crippen molar-refractivity contribution in [2.45, 2.75) is 32.0 Å². The van der Waals surface area contributed by atoms with Crippen LogP contribution in [0.2, 0.25) is 0 Å². The van der Waals surface area contributed by atoms with Crippen molar-refractivity contribution >= 4 is 0 Å². The smallest absolute Gasteiger partial charge is 0.127 e. The van der Waals surface area contributed by atoms with E-state index in [1.807, 2.05) is 61.5 Å². The molecule has 0 aromatic heterocycles. The Balaban J connectivity index is 2.16. The fraction of sp³-hybridized carbons (Fsp3) is 0.294. The Labute approximate surface area is 119 Å². The number of hydrogen-bond acceptors (Lipinski definition) is 3. The van der Waals surface area contributed by atoms with E-state index in [1.165, 1.54) is 0 Å². The predicted molar refractivity (Wildman–Crippen MR) is 79.1 cm³/mol. The highest BCUT2D eigenvalue weighted by Gasteiger charge is 2.21. The molecule has 0 unspecified atom stereocenters. The van der Waals surface area contributed by atoms with Crippen LogP contribution in [-0.2, 0) is 0 Å². The molecule has 20 heavy (non-hydrogen) atoms. The van der Waals surface area contributed by atoms with Crippen molar-refractivity contribution in [3.8, 4) is 11.5 Å². The van der Waals surface area contributed by atoms with Crippen LogP contribution in [0.1, 0.15) is 25.3 Å². The van der Waals surface area contributed by atoms with Crippen molar-refractivity contribution < 1.29 is 14.9 Å². The minimum absolute atomic E-state index is 0.158. The van der Waals surface area contributed by atoms with E-state index < -0.39 is 12.2 Å². The number of aliphatic hydroxyl groups is 2. The third-order valence-corrected chi connectivity index (χ3v) is 3.37. The van der Waals surface area contributed by atoms with Gasteiger partial charge in [-0.05, 0) is 36.8 Å². The number of rotatable bonds is 5. The molecular formula is C17H20O3. The summed E-state index contributed by atoms with van der Waals surface area (Å²) in [7, 11) is 0. The summed E-state index contributed by atoms with van der Waals surface area (Å²) in [6.45, 7) is 3.48. The van der Waals surface area contributed by atoms with Crippen LogP contribution >= 0.6 is 0 Å². The highest BCUT2D eigenvalue weighted by molar-refractivity contribution is 5.35. The average Bonchev–Trinajstić information content (AvgIpc) is 2.47. The van der Waals surface area contributed by atoms with Crippen LogP contribution in [0.4, 0.5) is 0 Å². The molecule has 0 bridgehead atoms. The predicted octanol–water partition coefficient (Wildman–Crippen LogP) is 3.32. The largest absolute Gasteiger partial charge is 0.457 e. The monoisotopic (exact) mass is 272 g/mol. The van der Waals surface area contributed by atoms with Crippen molar-refractivity contribution in [2.75, 3.05) is 0 Å². The lowest BCUT2D eigenvalue weighted by molar-refractivity contribution is 0.0171. The van der Waals surface area contributed by atoms with E-state index in [9.17, 15) is 10.2 Å². The maximum absolute atomic E-state index is 9.94. The second kappa shape index (κ2) is 6.55. The Morgan fingerprint density at radius 1 is 0.850 bits per heavy atom. The van der Waals surface area contributed by atoms with E-state index in [-0.39, 0.29) is 5.92 Å². The third kappa shape index (κ3) is 3.59. The van der Waals surface area contributed by atoms with Gasteiger partial charge in [0.2, 0.25) is 0 Å². The summed E-state index contributed by atoms with van der Waals surface area (Å²) in [6.07, 6.45) is -1.55. The van der Waals surface area contributed by atoms with Crippen LogP contribution in [0.25, 0.3) is 0 Å². The molecular weight excluding hydrogens is 252 g/mol. The highest BCUT2D eigenvalue weighted by Crippen LogP contribution is 2.27. The molecule has 0 aliphatic rings. The van der Waals surface area contributed by atoms with Crippen molar-refractivity contribution in [2.24, 2.45) is 0 Å². The lowest BCUT2D eigenvalue weighted by Gasteiger charge is -2.22. The van der Waals surface area contributed by atoms with Gasteiger partial charge < -0.3 is 14.9 Å². The van der Waals surface area contributed by atoms with Crippen LogP contribution in [0, 0.1) is 0 Å². The molecule has 0 heterocycles. The molecule has 2 N–H and O–H groups in total. The topological polar surface area (TPSA) is 49.7 Å². The Bertz CT molecular complexity index is 537. The van der Waals surface area contributed by atoms with Gasteiger partial charge in [0, 0.05) is 5.92 Å². The second-order valence-electron chi connectivity index (χ2n) is 5.01. The van der Waals surface area contributed by atoms with Crippen LogP contribution in [0.15, 0.2) is 54.6 Å². The lowest BCUT2D eigenvalue weighted by atomic mass is 9.92. The molecule has 2 aromatic carbocycles. The van der Waals surface area contributed by atoms with Gasteiger partial charge in [0.1, 0.15) is 11.5 Å². The van der Waals surface area contributed by atoms with Gasteiger partial charge >= 0.3 is 0 Å². The fourth-order valence-electron chi connectivity index (χ4n) is 2.10. The molecule has 0 fully saturated rings. The molecule has 0 spiro atoms. The van der Waals surface area contributed by atoms with Gasteiger partial charge in [-0.15, -0.1) is 0 Å². The van der Waals surface area contributed by atoms with Crippen molar-refractivity contribution in [1.29, 1.82) is 0 Å². The number of hydrogen-bond donors (Lipinski definition) is 2. The average molecular weight is 272 g/mol. The van der Waals surface area contributed by atoms with E-state index in [4.69, 9.17) is 4.74 Å². The molecule has 0 saturated heterocycles. The van der Waals surface area contributed by atoms with E-state index in [2.05, 4.69) is 0 Å². The SMILES string of the molecule is C[C@H](O)[C@H](O)[C@@H](C)c1cccc(Oc2ccccc2)c1. The van der Waals surface area contributed by atoms with Gasteiger partial charge in [-0.2, -0.15) is 0 Å². The summed E-state index contributed by atoms with van der Waals surface area (Å²) in [5, 5.41) is 19.4. The molecule has 0 aliphatic heterocycles. The Hall–Kier alpha value is -1.84. The van der Waals surface area contributed by atoms with Crippen molar-refractivity contribution in [1.82, 2.24) is 0 Å². The zero-order valence-corrected chi connectivity index (χ0v) is 11.7. The minimum Gasteiger partial charge on any atom is -0.457 e. The summed E-state index contributed by atoms with van der Waals surface area (Å²) in [4.78, 5) is 0. The molecule has 106 valence electrons. The first-order valence-corrected chi connectivity index (χ1v) is 6.77. The summed E-state index contributed by atoms with van der Waals surface area (Å²) < 4.78 is 5.77. The standard InChI is InChI=1S/C17H20O3/c1-12(17(19)13(2)18)14-7-6-10-16(11-14)20-15-8-4-3-5-9-15/h3-13,17-19H,1-2H3/t12-,13-,17+/m0/s1. The maximum atomic E-state index is 9.94. The molecule has 3 atom stereocenters. The zero-order chi connectivity index (χ0) is 14.5. The van der Waals surface area contributed by atoms with Crippen LogP contribution in [-0.4, -0.2) is 22.4 Å². The lowest BCUT2D eigenvalue weighted by Crippen LogP contribution is -2.28. The summed E-state index contributed by atoms with van der Waals surface area (Å²) in [5.41, 5.74) is 0.937. The van der Waals surface area contributed by atoms with Crippen molar-refractivity contribution in [3.63, 3.8) is 0 Å². The molecule has 3 heteroatoms. The Morgan fingerprint density at radius 3 is 2.15 bits per heavy atom. The van der Waals surface area contributed by atoms with Crippen LogP contribution < -0.4 is 4.74 Å². The molecule has 2 rings (SSSR count). The number of benzene rings is 2. The quantitative estimate of drug-likeness (QED) is 0.877. The van der Waals surface area contributed by atoms with Gasteiger partial charge in [0.15, 0.2) is 0 Å². The first kappa shape index (κ1) is 14.6. The molecule has 0 amide bonds. The normalized spacial score (nSPS) is 15.4. The second-order valence-corrected chi connectivity index (χ2v) is 5.01. The molecule has 3 nitrogen and oxygen atoms in total. The molecule has 0 saturated carbocycles. The highest BCUT2D eigenvalue weighted by atomic mass is 16.5. The third-order valence-electron chi connectivity index (χ3n) is 3.37. The first-order valence-electron chi connectivity index (χ1n) is 6.77. The number of aliphatic hydroxyl groups excluding tert-OH is 2. The number of para-hydroxylation sites is 1. The Morgan fingerprint density at radius 2 is 1.50 bits per heavy atom. The van der Waals surface area contributed by atoms with Crippen LogP contribution in [0.3, 0.4) is 0 Å². The van der Waals surface area contributed by atoms with Gasteiger partial charge in [-0.1, -0.05) is 37.3 Å². The molecule has 0 aliphatic carbocycles. The molecule has 0 radical (unpaired) electrons. The van der Waals surface area contributed by atoms with E-state index in [0.29, 0.717) is 0 Å².